The van der Waals surface area contributed by atoms with Crippen LogP contribution in [0.1, 0.15) is 99.8 Å². The van der Waals surface area contributed by atoms with Crippen molar-refractivity contribution in [1.29, 1.82) is 0 Å². The van der Waals surface area contributed by atoms with Crippen LogP contribution in [0.5, 0.6) is 0 Å². The number of carbonyl (C=O) groups excluding carboxylic acids is 1. The van der Waals surface area contributed by atoms with Crippen LogP contribution in [0.4, 0.5) is 0 Å². The van der Waals surface area contributed by atoms with E-state index in [1.807, 2.05) is 6.92 Å². The molecule has 0 bridgehead atoms. The summed E-state index contributed by atoms with van der Waals surface area (Å²) in [5.74, 6) is 0.131. The Morgan fingerprint density at radius 1 is 0.967 bits per heavy atom. The number of allylic oxidation sites excluding steroid dienone is 3. The minimum absolute atomic E-state index is 0.0558. The number of hydrogen-bond acceptors (Lipinski definition) is 2. The Morgan fingerprint density at radius 2 is 1.47 bits per heavy atom. The van der Waals surface area contributed by atoms with E-state index < -0.39 is 18.4 Å². The second-order valence-electron chi connectivity index (χ2n) is 9.18. The summed E-state index contributed by atoms with van der Waals surface area (Å²) in [5, 5.41) is 0. The maximum atomic E-state index is 12.6. The zero-order valence-corrected chi connectivity index (χ0v) is 24.0. The molecule has 3 heteroatoms. The number of hydrogen-bond donors (Lipinski definition) is 0. The van der Waals surface area contributed by atoms with Crippen molar-refractivity contribution in [3.05, 3.63) is 34.0 Å². The van der Waals surface area contributed by atoms with E-state index >= 15 is 0 Å². The van der Waals surface area contributed by atoms with Crippen molar-refractivity contribution in [2.75, 3.05) is 0 Å². The molecule has 0 N–H and O–H groups in total. The molecule has 0 aromatic rings. The SMILES string of the molecule is C=C/C=C(\CC)C(=O)O[C@@H](C/C=[C](\C)[Sn]([CH2]CCC)([CH2]CCC)[CH2]CCC)C(C)C. The maximum absolute atomic E-state index is 12.6. The molecule has 0 aliphatic rings. The van der Waals surface area contributed by atoms with Crippen molar-refractivity contribution in [2.45, 2.75) is 119 Å². The molecule has 0 aromatic carbocycles. The summed E-state index contributed by atoms with van der Waals surface area (Å²) in [4.78, 5) is 12.6. The zero-order valence-electron chi connectivity index (χ0n) is 21.2. The van der Waals surface area contributed by atoms with E-state index in [0.29, 0.717) is 17.9 Å². The van der Waals surface area contributed by atoms with Gasteiger partial charge in [0.15, 0.2) is 0 Å². The molecule has 0 amide bonds. The molecule has 2 nitrogen and oxygen atoms in total. The Kier molecular flexibility index (Phi) is 16.8. The Bertz CT molecular complexity index is 523. The van der Waals surface area contributed by atoms with Crippen molar-refractivity contribution in [1.82, 2.24) is 0 Å². The Morgan fingerprint density at radius 3 is 1.83 bits per heavy atom. The fraction of sp³-hybridized carbons (Fsp3) is 0.741. The van der Waals surface area contributed by atoms with Gasteiger partial charge in [0.1, 0.15) is 0 Å². The minimum atomic E-state index is -2.35. The molecule has 0 aromatic heterocycles. The average Bonchev–Trinajstić information content (AvgIpc) is 2.73. The van der Waals surface area contributed by atoms with Gasteiger partial charge >= 0.3 is 193 Å². The van der Waals surface area contributed by atoms with E-state index in [4.69, 9.17) is 4.74 Å². The van der Waals surface area contributed by atoms with Crippen molar-refractivity contribution in [2.24, 2.45) is 5.92 Å². The van der Waals surface area contributed by atoms with Gasteiger partial charge in [0.25, 0.3) is 0 Å². The second-order valence-corrected chi connectivity index (χ2v) is 23.0. The van der Waals surface area contributed by atoms with Gasteiger partial charge in [-0.25, -0.2) is 0 Å². The van der Waals surface area contributed by atoms with Crippen molar-refractivity contribution < 1.29 is 9.53 Å². The van der Waals surface area contributed by atoms with Crippen LogP contribution in [0.3, 0.4) is 0 Å². The molecule has 0 heterocycles. The molecule has 0 unspecified atom stereocenters. The summed E-state index contributed by atoms with van der Waals surface area (Å²) in [7, 11) is 0. The number of ether oxygens (including phenoxy) is 1. The van der Waals surface area contributed by atoms with Gasteiger partial charge in [-0.2, -0.15) is 0 Å². The van der Waals surface area contributed by atoms with E-state index in [-0.39, 0.29) is 12.1 Å². The molecule has 0 aliphatic carbocycles. The zero-order chi connectivity index (χ0) is 23.0. The summed E-state index contributed by atoms with van der Waals surface area (Å²) < 4.78 is 12.1. The summed E-state index contributed by atoms with van der Waals surface area (Å²) in [6.45, 7) is 19.4. The van der Waals surface area contributed by atoms with Gasteiger partial charge in [-0.1, -0.05) is 0 Å². The van der Waals surface area contributed by atoms with Gasteiger partial charge in [-0.15, -0.1) is 0 Å². The fourth-order valence-electron chi connectivity index (χ4n) is 4.16. The van der Waals surface area contributed by atoms with E-state index in [1.165, 1.54) is 51.8 Å². The quantitative estimate of drug-likeness (QED) is 0.0821. The van der Waals surface area contributed by atoms with Crippen LogP contribution in [0.25, 0.3) is 0 Å². The summed E-state index contributed by atoms with van der Waals surface area (Å²) in [6.07, 6.45) is 15.4. The Labute approximate surface area is 192 Å². The van der Waals surface area contributed by atoms with E-state index in [0.717, 1.165) is 6.42 Å². The van der Waals surface area contributed by atoms with E-state index in [9.17, 15) is 4.79 Å². The van der Waals surface area contributed by atoms with Crippen molar-refractivity contribution >= 4 is 24.3 Å². The Hall–Kier alpha value is -0.511. The van der Waals surface area contributed by atoms with Crippen LogP contribution in [0.15, 0.2) is 34.0 Å². The van der Waals surface area contributed by atoms with E-state index in [2.05, 4.69) is 54.2 Å². The summed E-state index contributed by atoms with van der Waals surface area (Å²) >= 11 is -2.35. The third kappa shape index (κ3) is 10.7. The number of esters is 1. The molecule has 0 radical (unpaired) electrons. The fourth-order valence-corrected chi connectivity index (χ4v) is 20.1. The predicted octanol–water partition coefficient (Wildman–Crippen LogP) is 8.80. The van der Waals surface area contributed by atoms with Crippen LogP contribution in [0.2, 0.25) is 13.3 Å². The van der Waals surface area contributed by atoms with Crippen LogP contribution in [-0.4, -0.2) is 30.5 Å². The van der Waals surface area contributed by atoms with Crippen LogP contribution in [0, 0.1) is 5.92 Å². The topological polar surface area (TPSA) is 26.3 Å². The molecular weight excluding hydrogens is 475 g/mol. The van der Waals surface area contributed by atoms with Gasteiger partial charge < -0.3 is 0 Å². The van der Waals surface area contributed by atoms with Gasteiger partial charge in [0.2, 0.25) is 0 Å². The monoisotopic (exact) mass is 526 g/mol. The van der Waals surface area contributed by atoms with Crippen LogP contribution in [-0.2, 0) is 9.53 Å². The van der Waals surface area contributed by atoms with Crippen molar-refractivity contribution in [3.63, 3.8) is 0 Å². The Balaban J connectivity index is 5.58. The number of rotatable bonds is 17. The van der Waals surface area contributed by atoms with Crippen LogP contribution >= 0.6 is 0 Å². The molecule has 0 rings (SSSR count). The van der Waals surface area contributed by atoms with Gasteiger partial charge in [-0.3, -0.25) is 0 Å². The molecule has 0 spiro atoms. The van der Waals surface area contributed by atoms with Gasteiger partial charge in [-0.05, 0) is 0 Å². The first kappa shape index (κ1) is 29.5. The molecule has 0 saturated heterocycles. The molecule has 174 valence electrons. The second kappa shape index (κ2) is 17.1. The summed E-state index contributed by atoms with van der Waals surface area (Å²) in [5.41, 5.74) is 0.707. The standard InChI is InChI=1S/C15H23O2.3C4H9.Sn/c1-6-9-11-14(12(4)5)17-15(16)13(8-3)10-7-2;3*1-3-4-2;/h7,9-10,12,14H,2,8,11H2,1,3-5H3;3*1,3-4H2,2H3;/b9-6?,13-10+;;;;/t14-;;;;/m0..../s1. The third-order valence-electron chi connectivity index (χ3n) is 6.48. The van der Waals surface area contributed by atoms with Crippen molar-refractivity contribution in [3.8, 4) is 0 Å². The third-order valence-corrected chi connectivity index (χ3v) is 23.1. The number of unbranched alkanes of at least 4 members (excludes halogenated alkanes) is 3. The average molecular weight is 525 g/mol. The molecular formula is C27H50O2Sn. The van der Waals surface area contributed by atoms with Crippen LogP contribution < -0.4 is 0 Å². The molecule has 0 aliphatic heterocycles. The molecule has 0 fully saturated rings. The molecule has 1 atom stereocenters. The summed E-state index contributed by atoms with van der Waals surface area (Å²) in [6, 6.07) is 0. The molecule has 0 saturated carbocycles. The van der Waals surface area contributed by atoms with Gasteiger partial charge in [0, 0.05) is 0 Å². The van der Waals surface area contributed by atoms with Gasteiger partial charge in [0.05, 0.1) is 0 Å². The number of carbonyl (C=O) groups is 1. The van der Waals surface area contributed by atoms with E-state index in [1.54, 1.807) is 15.7 Å². The normalized spacial score (nSPS) is 14.1. The molecule has 30 heavy (non-hydrogen) atoms. The first-order valence-corrected chi connectivity index (χ1v) is 20.0. The first-order chi connectivity index (χ1) is 14.3. The predicted molar refractivity (Wildman–Crippen MR) is 137 cm³/mol. The first-order valence-electron chi connectivity index (χ1n) is 12.5.